The zero-order valence-corrected chi connectivity index (χ0v) is 12.8. The summed E-state index contributed by atoms with van der Waals surface area (Å²) in [7, 11) is 0. The molecule has 108 valence electrons. The average Bonchev–Trinajstić information content (AvgIpc) is 2.84. The van der Waals surface area contributed by atoms with Gasteiger partial charge in [0, 0.05) is 12.5 Å². The van der Waals surface area contributed by atoms with E-state index < -0.39 is 0 Å². The molecule has 0 spiro atoms. The molecule has 0 unspecified atom stereocenters. The second kappa shape index (κ2) is 16.0. The second-order valence-corrected chi connectivity index (χ2v) is 3.95. The van der Waals surface area contributed by atoms with Gasteiger partial charge in [0.15, 0.2) is 0 Å². The molecule has 0 amide bonds. The summed E-state index contributed by atoms with van der Waals surface area (Å²) in [4.78, 5) is 10.3. The first-order valence-electron chi connectivity index (χ1n) is 7.41. The monoisotopic (exact) mass is 257 g/mol. The predicted octanol–water partition coefficient (Wildman–Crippen LogP) is 4.92. The smallest absolute Gasteiger partial charge is 0.280 e. The lowest BCUT2D eigenvalue weighted by atomic mass is 10.1. The van der Waals surface area contributed by atoms with Gasteiger partial charge in [0.2, 0.25) is 0 Å². The molecule has 0 aliphatic rings. The predicted molar refractivity (Wildman–Crippen MR) is 79.1 cm³/mol. The van der Waals surface area contributed by atoms with Crippen molar-refractivity contribution < 1.29 is 4.52 Å². The number of aromatic nitrogens is 1. The van der Waals surface area contributed by atoms with Crippen molar-refractivity contribution in [1.82, 2.24) is 5.16 Å². The number of hydrogen-bond acceptors (Lipinski definition) is 2. The third kappa shape index (κ3) is 13.1. The summed E-state index contributed by atoms with van der Waals surface area (Å²) in [5, 5.41) is 2.19. The molecule has 0 radical (unpaired) electrons. The van der Waals surface area contributed by atoms with Gasteiger partial charge in [0.25, 0.3) is 5.56 Å². The quantitative estimate of drug-likeness (QED) is 0.735. The average molecular weight is 257 g/mol. The molecular formula is C15H31NO2. The lowest BCUT2D eigenvalue weighted by molar-refractivity contribution is 0.382. The van der Waals surface area contributed by atoms with Crippen LogP contribution in [-0.4, -0.2) is 5.16 Å². The van der Waals surface area contributed by atoms with Gasteiger partial charge in [-0.25, -0.2) is 0 Å². The maximum absolute atomic E-state index is 10.3. The molecule has 0 aromatic carbocycles. The fourth-order valence-electron chi connectivity index (χ4n) is 1.35. The number of hydrogen-bond donors (Lipinski definition) is 1. The van der Waals surface area contributed by atoms with Crippen molar-refractivity contribution in [2.45, 2.75) is 79.6 Å². The van der Waals surface area contributed by atoms with E-state index >= 15 is 0 Å². The van der Waals surface area contributed by atoms with Crippen molar-refractivity contribution >= 4 is 0 Å². The van der Waals surface area contributed by atoms with Crippen molar-refractivity contribution in [3.05, 3.63) is 22.2 Å². The van der Waals surface area contributed by atoms with Crippen LogP contribution in [-0.2, 0) is 6.42 Å². The molecule has 0 saturated heterocycles. The molecule has 0 aliphatic carbocycles. The standard InChI is InChI=1S/C8H18.C5H7NO2.C2H6/c1-3-5-7-8-6-4-2;1-2-4-3-5(7)6-8-4;1-2/h3-8H2,1-2H3;3H,2H2,1H3,(H,6,7);1-2H3. The Balaban J connectivity index is 0. The number of nitrogens with one attached hydrogen (secondary N) is 1. The Labute approximate surface area is 112 Å². The Bertz CT molecular complexity index is 283. The van der Waals surface area contributed by atoms with Crippen molar-refractivity contribution in [2.24, 2.45) is 0 Å². The van der Waals surface area contributed by atoms with Crippen LogP contribution in [0.15, 0.2) is 15.4 Å². The number of H-pyrrole nitrogens is 1. The Morgan fingerprint density at radius 3 is 1.72 bits per heavy atom. The number of unbranched alkanes of at least 4 members (excludes halogenated alkanes) is 5. The van der Waals surface area contributed by atoms with E-state index in [1.54, 1.807) is 0 Å². The molecule has 1 heterocycles. The molecule has 0 saturated carbocycles. The molecular weight excluding hydrogens is 226 g/mol. The zero-order valence-electron chi connectivity index (χ0n) is 12.8. The minimum Gasteiger partial charge on any atom is -0.384 e. The van der Waals surface area contributed by atoms with Crippen LogP contribution in [0.25, 0.3) is 0 Å². The number of aryl methyl sites for hydroxylation is 1. The SMILES string of the molecule is CC.CCCCCCCC.CCc1cc(=O)[nH]o1. The Morgan fingerprint density at radius 1 is 1.00 bits per heavy atom. The minimum absolute atomic E-state index is 0.165. The Morgan fingerprint density at radius 2 is 1.50 bits per heavy atom. The van der Waals surface area contributed by atoms with Crippen molar-refractivity contribution in [3.63, 3.8) is 0 Å². The number of rotatable bonds is 6. The first kappa shape index (κ1) is 19.4. The first-order chi connectivity index (χ1) is 8.74. The lowest BCUT2D eigenvalue weighted by Gasteiger charge is -1.93. The summed E-state index contributed by atoms with van der Waals surface area (Å²) >= 11 is 0. The van der Waals surface area contributed by atoms with E-state index in [1.165, 1.54) is 44.6 Å². The van der Waals surface area contributed by atoms with Gasteiger partial charge in [-0.15, -0.1) is 0 Å². The molecule has 1 aromatic heterocycles. The molecule has 0 fully saturated rings. The van der Waals surface area contributed by atoms with E-state index in [0.717, 1.165) is 6.42 Å². The molecule has 1 rings (SSSR count). The van der Waals surface area contributed by atoms with Crippen LogP contribution in [0, 0.1) is 0 Å². The third-order valence-corrected chi connectivity index (χ3v) is 2.38. The fourth-order valence-corrected chi connectivity index (χ4v) is 1.35. The summed E-state index contributed by atoms with van der Waals surface area (Å²) in [6, 6.07) is 1.44. The van der Waals surface area contributed by atoms with Gasteiger partial charge in [-0.2, -0.15) is 5.16 Å². The van der Waals surface area contributed by atoms with E-state index in [4.69, 9.17) is 0 Å². The van der Waals surface area contributed by atoms with E-state index in [-0.39, 0.29) is 5.56 Å². The van der Waals surface area contributed by atoms with Gasteiger partial charge in [0.1, 0.15) is 5.76 Å². The summed E-state index contributed by atoms with van der Waals surface area (Å²) in [6.45, 7) is 10.4. The molecule has 0 aliphatic heterocycles. The Kier molecular flexibility index (Phi) is 17.2. The molecule has 3 heteroatoms. The third-order valence-electron chi connectivity index (χ3n) is 2.38. The largest absolute Gasteiger partial charge is 0.384 e. The highest BCUT2D eigenvalue weighted by Gasteiger charge is 1.91. The van der Waals surface area contributed by atoms with Gasteiger partial charge >= 0.3 is 0 Å². The van der Waals surface area contributed by atoms with Crippen molar-refractivity contribution in [1.29, 1.82) is 0 Å². The summed E-state index contributed by atoms with van der Waals surface area (Å²) in [5.41, 5.74) is -0.165. The lowest BCUT2D eigenvalue weighted by Crippen LogP contribution is -1.92. The fraction of sp³-hybridized carbons (Fsp3) is 0.800. The van der Waals surface area contributed by atoms with E-state index in [1.807, 2.05) is 20.8 Å². The van der Waals surface area contributed by atoms with Crippen LogP contribution in [0.5, 0.6) is 0 Å². The van der Waals surface area contributed by atoms with Gasteiger partial charge in [0.05, 0.1) is 0 Å². The van der Waals surface area contributed by atoms with Crippen LogP contribution in [0.4, 0.5) is 0 Å². The van der Waals surface area contributed by atoms with Gasteiger partial charge in [-0.3, -0.25) is 4.79 Å². The molecule has 18 heavy (non-hydrogen) atoms. The number of aromatic amines is 1. The van der Waals surface area contributed by atoms with E-state index in [0.29, 0.717) is 5.76 Å². The van der Waals surface area contributed by atoms with Crippen molar-refractivity contribution in [3.8, 4) is 0 Å². The van der Waals surface area contributed by atoms with Gasteiger partial charge in [-0.1, -0.05) is 73.1 Å². The van der Waals surface area contributed by atoms with Crippen LogP contribution >= 0.6 is 0 Å². The zero-order chi connectivity index (χ0) is 14.2. The summed E-state index contributed by atoms with van der Waals surface area (Å²) in [6.07, 6.45) is 9.25. The molecule has 1 N–H and O–H groups in total. The Hall–Kier alpha value is -0.990. The highest BCUT2D eigenvalue weighted by molar-refractivity contribution is 4.91. The highest BCUT2D eigenvalue weighted by Crippen LogP contribution is 2.03. The second-order valence-electron chi connectivity index (χ2n) is 3.95. The molecule has 3 nitrogen and oxygen atoms in total. The summed E-state index contributed by atoms with van der Waals surface area (Å²) in [5.74, 6) is 0.704. The first-order valence-corrected chi connectivity index (χ1v) is 7.41. The highest BCUT2D eigenvalue weighted by atomic mass is 16.5. The van der Waals surface area contributed by atoms with Crippen LogP contribution < -0.4 is 5.56 Å². The molecule has 1 aromatic rings. The van der Waals surface area contributed by atoms with Crippen LogP contribution in [0.3, 0.4) is 0 Å². The van der Waals surface area contributed by atoms with Gasteiger partial charge < -0.3 is 4.52 Å². The van der Waals surface area contributed by atoms with Crippen molar-refractivity contribution in [2.75, 3.05) is 0 Å². The maximum atomic E-state index is 10.3. The van der Waals surface area contributed by atoms with Crippen LogP contribution in [0.1, 0.15) is 78.9 Å². The van der Waals surface area contributed by atoms with E-state index in [2.05, 4.69) is 23.5 Å². The minimum atomic E-state index is -0.165. The maximum Gasteiger partial charge on any atom is 0.280 e. The normalized spacial score (nSPS) is 8.94. The van der Waals surface area contributed by atoms with Gasteiger partial charge in [-0.05, 0) is 0 Å². The topological polar surface area (TPSA) is 46.0 Å². The summed E-state index contributed by atoms with van der Waals surface area (Å²) < 4.78 is 4.68. The van der Waals surface area contributed by atoms with E-state index in [9.17, 15) is 4.79 Å². The molecule has 0 bridgehead atoms. The van der Waals surface area contributed by atoms with Crippen LogP contribution in [0.2, 0.25) is 0 Å². The molecule has 0 atom stereocenters.